The molecule has 0 amide bonds. The lowest BCUT2D eigenvalue weighted by Gasteiger charge is -2.08. The highest BCUT2D eigenvalue weighted by Gasteiger charge is 2.08. The molecule has 0 unspecified atom stereocenters. The van der Waals surface area contributed by atoms with Crippen molar-refractivity contribution in [2.75, 3.05) is 0 Å². The first-order chi connectivity index (χ1) is 5.61. The highest BCUT2D eigenvalue weighted by molar-refractivity contribution is 5.23. The molecule has 1 heterocycles. The Kier molecular flexibility index (Phi) is 2.96. The molecule has 0 saturated heterocycles. The monoisotopic (exact) mass is 165 g/mol. The summed E-state index contributed by atoms with van der Waals surface area (Å²) in [5.41, 5.74) is 2.89. The maximum absolute atomic E-state index is 3.31. The summed E-state index contributed by atoms with van der Waals surface area (Å²) in [7, 11) is 0. The van der Waals surface area contributed by atoms with Crippen LogP contribution >= 0.6 is 0 Å². The fourth-order valence-electron chi connectivity index (χ4n) is 1.57. The normalized spacial score (nSPS) is 11.5. The molecule has 68 valence electrons. The topological polar surface area (TPSA) is 15.8 Å². The number of aromatic amines is 1. The Morgan fingerprint density at radius 1 is 1.25 bits per heavy atom. The molecular weight excluding hydrogens is 146 g/mol. The van der Waals surface area contributed by atoms with Crippen LogP contribution in [0.1, 0.15) is 44.9 Å². The second kappa shape index (κ2) is 3.79. The minimum Gasteiger partial charge on any atom is -0.365 e. The second-order valence-corrected chi connectivity index (χ2v) is 4.17. The summed E-state index contributed by atoms with van der Waals surface area (Å²) >= 11 is 0. The quantitative estimate of drug-likeness (QED) is 0.707. The maximum Gasteiger partial charge on any atom is 0.0205 e. The molecule has 1 heteroatoms. The number of aromatic nitrogens is 1. The fourth-order valence-corrected chi connectivity index (χ4v) is 1.57. The second-order valence-electron chi connectivity index (χ2n) is 4.17. The zero-order valence-corrected chi connectivity index (χ0v) is 8.52. The highest BCUT2D eigenvalue weighted by Crippen LogP contribution is 2.19. The van der Waals surface area contributed by atoms with E-state index in [0.29, 0.717) is 5.92 Å². The summed E-state index contributed by atoms with van der Waals surface area (Å²) < 4.78 is 0. The Morgan fingerprint density at radius 3 is 2.42 bits per heavy atom. The van der Waals surface area contributed by atoms with Gasteiger partial charge in [-0.2, -0.15) is 0 Å². The first kappa shape index (κ1) is 9.37. The maximum atomic E-state index is 3.31. The average Bonchev–Trinajstić information content (AvgIpc) is 2.33. The molecular formula is C11H19N. The van der Waals surface area contributed by atoms with Gasteiger partial charge in [0.2, 0.25) is 0 Å². The van der Waals surface area contributed by atoms with E-state index in [4.69, 9.17) is 0 Å². The largest absolute Gasteiger partial charge is 0.365 e. The van der Waals surface area contributed by atoms with Crippen molar-refractivity contribution in [2.45, 2.75) is 40.0 Å². The molecule has 0 aromatic carbocycles. The Morgan fingerprint density at radius 2 is 1.92 bits per heavy atom. The van der Waals surface area contributed by atoms with E-state index in [-0.39, 0.29) is 0 Å². The molecule has 1 aromatic heterocycles. The van der Waals surface area contributed by atoms with Crippen molar-refractivity contribution < 1.29 is 0 Å². The Labute approximate surface area is 75.2 Å². The molecule has 0 spiro atoms. The molecule has 0 fully saturated rings. The number of nitrogens with one attached hydrogen (secondary N) is 1. The summed E-state index contributed by atoms with van der Waals surface area (Å²) in [6.45, 7) is 8.99. The van der Waals surface area contributed by atoms with Crippen LogP contribution in [-0.4, -0.2) is 4.98 Å². The van der Waals surface area contributed by atoms with Crippen molar-refractivity contribution in [3.05, 3.63) is 23.5 Å². The lowest BCUT2D eigenvalue weighted by molar-refractivity contribution is 0.637. The fraction of sp³-hybridized carbons (Fsp3) is 0.636. The van der Waals surface area contributed by atoms with Crippen LogP contribution in [0.5, 0.6) is 0 Å². The SMILES string of the molecule is CC(C)Cc1cc[nH]c1C(C)C. The Hall–Kier alpha value is -0.720. The standard InChI is InChI=1S/C11H19N/c1-8(2)7-10-5-6-12-11(10)9(3)4/h5-6,8-9,12H,7H2,1-4H3. The summed E-state index contributed by atoms with van der Waals surface area (Å²) in [6, 6.07) is 2.20. The van der Waals surface area contributed by atoms with Gasteiger partial charge in [-0.1, -0.05) is 27.7 Å². The molecule has 0 aliphatic carbocycles. The van der Waals surface area contributed by atoms with Gasteiger partial charge in [0.25, 0.3) is 0 Å². The summed E-state index contributed by atoms with van der Waals surface area (Å²) in [4.78, 5) is 3.31. The summed E-state index contributed by atoms with van der Waals surface area (Å²) in [5.74, 6) is 1.37. The summed E-state index contributed by atoms with van der Waals surface area (Å²) in [5, 5.41) is 0. The number of rotatable bonds is 3. The van der Waals surface area contributed by atoms with Crippen LogP contribution in [0, 0.1) is 5.92 Å². The molecule has 1 nitrogen and oxygen atoms in total. The molecule has 0 saturated carbocycles. The van der Waals surface area contributed by atoms with Gasteiger partial charge < -0.3 is 4.98 Å². The molecule has 0 atom stereocenters. The third-order valence-corrected chi connectivity index (χ3v) is 2.07. The van der Waals surface area contributed by atoms with Crippen LogP contribution in [0.4, 0.5) is 0 Å². The third kappa shape index (κ3) is 2.13. The van der Waals surface area contributed by atoms with E-state index in [1.165, 1.54) is 17.7 Å². The minimum atomic E-state index is 0.619. The van der Waals surface area contributed by atoms with Gasteiger partial charge in [-0.15, -0.1) is 0 Å². The molecule has 0 aliphatic heterocycles. The lowest BCUT2D eigenvalue weighted by atomic mass is 9.98. The van der Waals surface area contributed by atoms with Crippen molar-refractivity contribution in [1.82, 2.24) is 4.98 Å². The minimum absolute atomic E-state index is 0.619. The average molecular weight is 165 g/mol. The van der Waals surface area contributed by atoms with E-state index >= 15 is 0 Å². The van der Waals surface area contributed by atoms with Crippen LogP contribution in [0.3, 0.4) is 0 Å². The summed E-state index contributed by atoms with van der Waals surface area (Å²) in [6.07, 6.45) is 3.24. The van der Waals surface area contributed by atoms with Gasteiger partial charge in [-0.25, -0.2) is 0 Å². The molecule has 1 N–H and O–H groups in total. The van der Waals surface area contributed by atoms with E-state index in [1.807, 2.05) is 6.20 Å². The van der Waals surface area contributed by atoms with E-state index in [9.17, 15) is 0 Å². The zero-order chi connectivity index (χ0) is 9.14. The smallest absolute Gasteiger partial charge is 0.0205 e. The first-order valence-corrected chi connectivity index (χ1v) is 4.77. The van der Waals surface area contributed by atoms with E-state index in [2.05, 4.69) is 38.7 Å². The van der Waals surface area contributed by atoms with Gasteiger partial charge in [0, 0.05) is 11.9 Å². The molecule has 12 heavy (non-hydrogen) atoms. The first-order valence-electron chi connectivity index (χ1n) is 4.77. The van der Waals surface area contributed by atoms with E-state index in [0.717, 1.165) is 5.92 Å². The van der Waals surface area contributed by atoms with Gasteiger partial charge in [0.15, 0.2) is 0 Å². The predicted molar refractivity (Wildman–Crippen MR) is 53.4 cm³/mol. The predicted octanol–water partition coefficient (Wildman–Crippen LogP) is 3.34. The zero-order valence-electron chi connectivity index (χ0n) is 8.52. The highest BCUT2D eigenvalue weighted by atomic mass is 14.7. The van der Waals surface area contributed by atoms with E-state index < -0.39 is 0 Å². The van der Waals surface area contributed by atoms with E-state index in [1.54, 1.807) is 0 Å². The van der Waals surface area contributed by atoms with Crippen LogP contribution in [0.2, 0.25) is 0 Å². The Balaban J connectivity index is 2.77. The van der Waals surface area contributed by atoms with Crippen LogP contribution in [0.25, 0.3) is 0 Å². The van der Waals surface area contributed by atoms with Gasteiger partial charge in [-0.05, 0) is 29.9 Å². The molecule has 0 radical (unpaired) electrons. The van der Waals surface area contributed by atoms with Crippen molar-refractivity contribution in [3.8, 4) is 0 Å². The number of hydrogen-bond acceptors (Lipinski definition) is 0. The van der Waals surface area contributed by atoms with Crippen LogP contribution in [0.15, 0.2) is 12.3 Å². The number of hydrogen-bond donors (Lipinski definition) is 1. The van der Waals surface area contributed by atoms with Crippen LogP contribution in [-0.2, 0) is 6.42 Å². The van der Waals surface area contributed by atoms with Gasteiger partial charge in [0.05, 0.1) is 0 Å². The van der Waals surface area contributed by atoms with Gasteiger partial charge >= 0.3 is 0 Å². The van der Waals surface area contributed by atoms with Crippen molar-refractivity contribution in [1.29, 1.82) is 0 Å². The van der Waals surface area contributed by atoms with Gasteiger partial charge in [0.1, 0.15) is 0 Å². The molecule has 0 aliphatic rings. The van der Waals surface area contributed by atoms with Crippen molar-refractivity contribution in [3.63, 3.8) is 0 Å². The molecule has 1 aromatic rings. The lowest BCUT2D eigenvalue weighted by Crippen LogP contribution is -1.98. The third-order valence-electron chi connectivity index (χ3n) is 2.07. The van der Waals surface area contributed by atoms with Crippen molar-refractivity contribution >= 4 is 0 Å². The Bertz CT molecular complexity index is 233. The van der Waals surface area contributed by atoms with Crippen molar-refractivity contribution in [2.24, 2.45) is 5.92 Å². The molecule has 1 rings (SSSR count). The molecule has 0 bridgehead atoms. The number of H-pyrrole nitrogens is 1. The van der Waals surface area contributed by atoms with Crippen LogP contribution < -0.4 is 0 Å². The van der Waals surface area contributed by atoms with Gasteiger partial charge in [-0.3, -0.25) is 0 Å².